The van der Waals surface area contributed by atoms with Crippen LogP contribution in [0.25, 0.3) is 0 Å². The maximum atomic E-state index is 11.0. The van der Waals surface area contributed by atoms with Gasteiger partial charge in [0.15, 0.2) is 9.84 Å². The third-order valence-electron chi connectivity index (χ3n) is 2.37. The van der Waals surface area contributed by atoms with Crippen LogP contribution in [0.4, 0.5) is 0 Å². The van der Waals surface area contributed by atoms with Crippen molar-refractivity contribution >= 4 is 9.84 Å². The minimum atomic E-state index is -2.87. The van der Waals surface area contributed by atoms with Crippen molar-refractivity contribution in [1.82, 2.24) is 0 Å². The molecule has 3 N–H and O–H groups in total. The van der Waals surface area contributed by atoms with Crippen molar-refractivity contribution in [3.05, 3.63) is 0 Å². The lowest BCUT2D eigenvalue weighted by Gasteiger charge is -2.31. The molecule has 0 aromatic heterocycles. The van der Waals surface area contributed by atoms with E-state index in [9.17, 15) is 13.5 Å². The summed E-state index contributed by atoms with van der Waals surface area (Å²) in [7, 11) is -2.87. The molecule has 5 heteroatoms. The molecule has 0 spiro atoms. The molecule has 0 aliphatic carbocycles. The fourth-order valence-electron chi connectivity index (χ4n) is 1.44. The SMILES string of the molecule is NCCC1(O)CCS(=O)(=O)CC1. The van der Waals surface area contributed by atoms with Crippen LogP contribution in [0.1, 0.15) is 19.3 Å². The normalized spacial score (nSPS) is 26.8. The molecule has 1 aliphatic rings. The second-order valence-corrected chi connectivity index (χ2v) is 5.72. The highest BCUT2D eigenvalue weighted by molar-refractivity contribution is 7.91. The predicted molar refractivity (Wildman–Crippen MR) is 46.5 cm³/mol. The van der Waals surface area contributed by atoms with Gasteiger partial charge < -0.3 is 10.8 Å². The highest BCUT2D eigenvalue weighted by atomic mass is 32.2. The van der Waals surface area contributed by atoms with Crippen LogP contribution in [-0.4, -0.2) is 37.2 Å². The molecule has 0 saturated carbocycles. The Morgan fingerprint density at radius 3 is 2.25 bits per heavy atom. The van der Waals surface area contributed by atoms with Gasteiger partial charge in [-0.1, -0.05) is 0 Å². The van der Waals surface area contributed by atoms with Crippen LogP contribution in [-0.2, 0) is 9.84 Å². The van der Waals surface area contributed by atoms with Crippen LogP contribution in [0.15, 0.2) is 0 Å². The Balaban J connectivity index is 2.55. The minimum absolute atomic E-state index is 0.101. The third-order valence-corrected chi connectivity index (χ3v) is 4.02. The summed E-state index contributed by atoms with van der Waals surface area (Å²) in [6, 6.07) is 0. The summed E-state index contributed by atoms with van der Waals surface area (Å²) in [5.74, 6) is 0.201. The van der Waals surface area contributed by atoms with Gasteiger partial charge in [-0.2, -0.15) is 0 Å². The fraction of sp³-hybridized carbons (Fsp3) is 1.00. The first kappa shape index (κ1) is 9.95. The van der Waals surface area contributed by atoms with Crippen LogP contribution < -0.4 is 5.73 Å². The second kappa shape index (κ2) is 3.32. The van der Waals surface area contributed by atoms with Gasteiger partial charge in [0.25, 0.3) is 0 Å². The third kappa shape index (κ3) is 2.43. The van der Waals surface area contributed by atoms with E-state index in [0.717, 1.165) is 0 Å². The lowest BCUT2D eigenvalue weighted by atomic mass is 9.93. The molecule has 0 unspecified atom stereocenters. The van der Waals surface area contributed by atoms with E-state index < -0.39 is 15.4 Å². The molecule has 72 valence electrons. The maximum absolute atomic E-state index is 11.0. The van der Waals surface area contributed by atoms with E-state index in [0.29, 0.717) is 25.8 Å². The van der Waals surface area contributed by atoms with Crippen molar-refractivity contribution in [3.63, 3.8) is 0 Å². The zero-order chi connectivity index (χ0) is 9.24. The van der Waals surface area contributed by atoms with E-state index >= 15 is 0 Å². The summed E-state index contributed by atoms with van der Waals surface area (Å²) >= 11 is 0. The molecule has 1 aliphatic heterocycles. The van der Waals surface area contributed by atoms with Crippen LogP contribution in [0.3, 0.4) is 0 Å². The predicted octanol–water partition coefficient (Wildman–Crippen LogP) is -0.725. The molecule has 0 aromatic rings. The Labute approximate surface area is 72.7 Å². The van der Waals surface area contributed by atoms with Gasteiger partial charge in [0.2, 0.25) is 0 Å². The molecule has 1 rings (SSSR count). The molecule has 1 heterocycles. The maximum Gasteiger partial charge on any atom is 0.150 e. The summed E-state index contributed by atoms with van der Waals surface area (Å²) in [4.78, 5) is 0. The average Bonchev–Trinajstić information content (AvgIpc) is 1.98. The first-order valence-electron chi connectivity index (χ1n) is 4.10. The Morgan fingerprint density at radius 1 is 1.33 bits per heavy atom. The molecule has 0 radical (unpaired) electrons. The molecule has 1 fully saturated rings. The number of rotatable bonds is 2. The first-order chi connectivity index (χ1) is 5.47. The Morgan fingerprint density at radius 2 is 1.83 bits per heavy atom. The summed E-state index contributed by atoms with van der Waals surface area (Å²) in [6.07, 6.45) is 1.18. The van der Waals surface area contributed by atoms with Gasteiger partial charge in [-0.15, -0.1) is 0 Å². The van der Waals surface area contributed by atoms with Crippen LogP contribution >= 0.6 is 0 Å². The van der Waals surface area contributed by atoms with Crippen molar-refractivity contribution in [3.8, 4) is 0 Å². The van der Waals surface area contributed by atoms with Gasteiger partial charge >= 0.3 is 0 Å². The van der Waals surface area contributed by atoms with Gasteiger partial charge in [-0.05, 0) is 25.8 Å². The average molecular weight is 193 g/mol. The number of sulfone groups is 1. The highest BCUT2D eigenvalue weighted by Gasteiger charge is 2.34. The molecule has 1 saturated heterocycles. The van der Waals surface area contributed by atoms with E-state index in [1.54, 1.807) is 0 Å². The van der Waals surface area contributed by atoms with Gasteiger partial charge in [0.05, 0.1) is 17.1 Å². The molecular weight excluding hydrogens is 178 g/mol. The van der Waals surface area contributed by atoms with Crippen LogP contribution in [0.5, 0.6) is 0 Å². The number of hydrogen-bond acceptors (Lipinski definition) is 4. The largest absolute Gasteiger partial charge is 0.390 e. The molecule has 0 bridgehead atoms. The minimum Gasteiger partial charge on any atom is -0.390 e. The zero-order valence-electron chi connectivity index (χ0n) is 6.99. The van der Waals surface area contributed by atoms with Gasteiger partial charge in [-0.25, -0.2) is 8.42 Å². The van der Waals surface area contributed by atoms with Crippen LogP contribution in [0.2, 0.25) is 0 Å². The van der Waals surface area contributed by atoms with Gasteiger partial charge in [0, 0.05) is 0 Å². The van der Waals surface area contributed by atoms with Crippen molar-refractivity contribution in [1.29, 1.82) is 0 Å². The summed E-state index contributed by atoms with van der Waals surface area (Å²) in [5.41, 5.74) is 4.48. The molecule has 0 amide bonds. The van der Waals surface area contributed by atoms with E-state index in [4.69, 9.17) is 5.73 Å². The molecule has 0 atom stereocenters. The van der Waals surface area contributed by atoms with E-state index in [1.165, 1.54) is 0 Å². The number of nitrogens with two attached hydrogens (primary N) is 1. The van der Waals surface area contributed by atoms with E-state index in [2.05, 4.69) is 0 Å². The number of hydrogen-bond donors (Lipinski definition) is 2. The van der Waals surface area contributed by atoms with E-state index in [-0.39, 0.29) is 11.5 Å². The first-order valence-corrected chi connectivity index (χ1v) is 5.92. The van der Waals surface area contributed by atoms with Crippen molar-refractivity contribution < 1.29 is 13.5 Å². The monoisotopic (exact) mass is 193 g/mol. The highest BCUT2D eigenvalue weighted by Crippen LogP contribution is 2.25. The second-order valence-electron chi connectivity index (χ2n) is 3.41. The van der Waals surface area contributed by atoms with Crippen molar-refractivity contribution in [2.75, 3.05) is 18.1 Å². The zero-order valence-corrected chi connectivity index (χ0v) is 7.81. The Hall–Kier alpha value is -0.130. The fourth-order valence-corrected chi connectivity index (χ4v) is 3.02. The lowest BCUT2D eigenvalue weighted by Crippen LogP contribution is -2.40. The lowest BCUT2D eigenvalue weighted by molar-refractivity contribution is 0.0242. The van der Waals surface area contributed by atoms with Crippen LogP contribution in [0, 0.1) is 0 Å². The molecule has 0 aromatic carbocycles. The van der Waals surface area contributed by atoms with E-state index in [1.807, 2.05) is 0 Å². The summed E-state index contributed by atoms with van der Waals surface area (Å²) in [6.45, 7) is 0.413. The van der Waals surface area contributed by atoms with Gasteiger partial charge in [-0.3, -0.25) is 0 Å². The van der Waals surface area contributed by atoms with Gasteiger partial charge in [0.1, 0.15) is 0 Å². The molecule has 4 nitrogen and oxygen atoms in total. The standard InChI is InChI=1S/C7H15NO3S/c8-4-1-7(9)2-5-12(10,11)6-3-7/h9H,1-6,8H2. The number of aliphatic hydroxyl groups is 1. The summed E-state index contributed by atoms with van der Waals surface area (Å²) in [5, 5.41) is 9.76. The molecule has 12 heavy (non-hydrogen) atoms. The smallest absolute Gasteiger partial charge is 0.150 e. The quantitative estimate of drug-likeness (QED) is 0.606. The van der Waals surface area contributed by atoms with Crippen molar-refractivity contribution in [2.45, 2.75) is 24.9 Å². The molecular formula is C7H15NO3S. The Kier molecular flexibility index (Phi) is 2.75. The Bertz CT molecular complexity index is 233. The van der Waals surface area contributed by atoms with Crippen molar-refractivity contribution in [2.24, 2.45) is 5.73 Å². The summed E-state index contributed by atoms with van der Waals surface area (Å²) < 4.78 is 22.0. The topological polar surface area (TPSA) is 80.4 Å².